The first-order valence-corrected chi connectivity index (χ1v) is 13.7. The lowest BCUT2D eigenvalue weighted by atomic mass is 9.64. The number of hydrogen-bond acceptors (Lipinski definition) is 6. The molecule has 1 aliphatic carbocycles. The van der Waals surface area contributed by atoms with E-state index in [0.29, 0.717) is 28.2 Å². The molecule has 2 aliphatic heterocycles. The Morgan fingerprint density at radius 1 is 0.810 bits per heavy atom. The number of nitrogens with zero attached hydrogens (tertiary/aromatic N) is 1. The number of benzene rings is 4. The maximum Gasteiger partial charge on any atom is 0.185 e. The van der Waals surface area contributed by atoms with Crippen LogP contribution in [-0.4, -0.2) is 43.7 Å². The van der Waals surface area contributed by atoms with E-state index in [0.717, 1.165) is 11.3 Å². The lowest BCUT2D eigenvalue weighted by Crippen LogP contribution is -2.48. The van der Waals surface area contributed by atoms with Gasteiger partial charge in [0.25, 0.3) is 0 Å². The molecule has 0 N–H and O–H groups in total. The second-order valence-electron chi connectivity index (χ2n) is 10.7. The van der Waals surface area contributed by atoms with Crippen LogP contribution in [0, 0.1) is 11.2 Å². The van der Waals surface area contributed by atoms with E-state index in [4.69, 9.17) is 9.47 Å². The van der Waals surface area contributed by atoms with Crippen molar-refractivity contribution in [2.45, 2.75) is 18.0 Å². The van der Waals surface area contributed by atoms with Crippen molar-refractivity contribution in [2.75, 3.05) is 19.1 Å². The number of hydrogen-bond donors (Lipinski definition) is 0. The Morgan fingerprint density at radius 2 is 1.48 bits per heavy atom. The Bertz CT molecular complexity index is 1780. The summed E-state index contributed by atoms with van der Waals surface area (Å²) < 4.78 is 25.4. The SMILES string of the molecule is COc1cccc([C@@H]2[C@@H](C(=O)c3ccc(F)cc3)N3c4ccccc4C=CC3C23C(=O)c2ccccc2C3=O)c1OC. The van der Waals surface area contributed by atoms with Crippen LogP contribution in [0.15, 0.2) is 97.1 Å². The number of rotatable bonds is 5. The molecule has 1 saturated heterocycles. The van der Waals surface area contributed by atoms with Gasteiger partial charge in [-0.3, -0.25) is 14.4 Å². The smallest absolute Gasteiger partial charge is 0.185 e. The van der Waals surface area contributed by atoms with Gasteiger partial charge in [-0.25, -0.2) is 4.39 Å². The van der Waals surface area contributed by atoms with Gasteiger partial charge in [0, 0.05) is 33.9 Å². The first-order valence-electron chi connectivity index (χ1n) is 13.7. The predicted octanol–water partition coefficient (Wildman–Crippen LogP) is 6.16. The Labute approximate surface area is 242 Å². The zero-order valence-electron chi connectivity index (χ0n) is 22.9. The third kappa shape index (κ3) is 3.33. The number of methoxy groups -OCH3 is 2. The molecule has 3 aliphatic rings. The average molecular weight is 560 g/mol. The zero-order valence-corrected chi connectivity index (χ0v) is 22.9. The summed E-state index contributed by atoms with van der Waals surface area (Å²) in [5.41, 5.74) is 1.33. The molecule has 7 rings (SSSR count). The maximum atomic E-state index is 14.8. The summed E-state index contributed by atoms with van der Waals surface area (Å²) in [6.07, 6.45) is 3.77. The lowest BCUT2D eigenvalue weighted by Gasteiger charge is -2.37. The van der Waals surface area contributed by atoms with Crippen LogP contribution in [0.3, 0.4) is 0 Å². The molecular formula is C35H26FNO5. The van der Waals surface area contributed by atoms with Crippen molar-refractivity contribution < 1.29 is 28.2 Å². The van der Waals surface area contributed by atoms with E-state index < -0.39 is 29.2 Å². The van der Waals surface area contributed by atoms with Gasteiger partial charge in [0.05, 0.1) is 20.3 Å². The number of anilines is 1. The van der Waals surface area contributed by atoms with Gasteiger partial charge in [0.2, 0.25) is 0 Å². The van der Waals surface area contributed by atoms with Gasteiger partial charge in [0.1, 0.15) is 17.3 Å². The number of carbonyl (C=O) groups excluding carboxylic acids is 3. The molecule has 0 bridgehead atoms. The van der Waals surface area contributed by atoms with Gasteiger partial charge >= 0.3 is 0 Å². The summed E-state index contributed by atoms with van der Waals surface area (Å²) in [5.74, 6) is -1.72. The summed E-state index contributed by atoms with van der Waals surface area (Å²) in [7, 11) is 3.01. The maximum absolute atomic E-state index is 14.8. The molecule has 2 heterocycles. The van der Waals surface area contributed by atoms with Crippen molar-refractivity contribution in [2.24, 2.45) is 5.41 Å². The van der Waals surface area contributed by atoms with E-state index in [9.17, 15) is 18.8 Å². The van der Waals surface area contributed by atoms with E-state index in [1.807, 2.05) is 41.3 Å². The Hall–Kier alpha value is -5.04. The highest BCUT2D eigenvalue weighted by Gasteiger charge is 2.72. The first-order chi connectivity index (χ1) is 20.4. The van der Waals surface area contributed by atoms with Crippen LogP contribution in [0.4, 0.5) is 10.1 Å². The molecule has 0 saturated carbocycles. The number of halogens is 1. The molecule has 0 amide bonds. The minimum Gasteiger partial charge on any atom is -0.493 e. The third-order valence-corrected chi connectivity index (χ3v) is 8.88. The van der Waals surface area contributed by atoms with E-state index in [-0.39, 0.29) is 22.9 Å². The first kappa shape index (κ1) is 25.9. The van der Waals surface area contributed by atoms with Crippen molar-refractivity contribution in [3.05, 3.63) is 131 Å². The van der Waals surface area contributed by atoms with Crippen LogP contribution < -0.4 is 14.4 Å². The fourth-order valence-electron chi connectivity index (χ4n) is 7.20. The zero-order chi connectivity index (χ0) is 29.2. The summed E-state index contributed by atoms with van der Waals surface area (Å²) in [4.78, 5) is 46.2. The second-order valence-corrected chi connectivity index (χ2v) is 10.7. The Balaban J connectivity index is 1.58. The molecule has 0 aromatic heterocycles. The molecule has 0 radical (unpaired) electrons. The molecule has 42 heavy (non-hydrogen) atoms. The third-order valence-electron chi connectivity index (χ3n) is 8.88. The number of ether oxygens (including phenoxy) is 2. The van der Waals surface area contributed by atoms with Gasteiger partial charge in [-0.1, -0.05) is 66.7 Å². The van der Waals surface area contributed by atoms with Crippen molar-refractivity contribution >= 4 is 29.1 Å². The summed E-state index contributed by atoms with van der Waals surface area (Å²) in [5, 5.41) is 0. The number of ketones is 3. The van der Waals surface area contributed by atoms with E-state index in [1.165, 1.54) is 38.5 Å². The number of fused-ring (bicyclic) bond motifs is 5. The van der Waals surface area contributed by atoms with Crippen LogP contribution in [0.1, 0.15) is 48.1 Å². The molecule has 3 atom stereocenters. The minimum atomic E-state index is -1.69. The fourth-order valence-corrected chi connectivity index (χ4v) is 7.20. The van der Waals surface area contributed by atoms with Crippen LogP contribution in [0.25, 0.3) is 6.08 Å². The van der Waals surface area contributed by atoms with Crippen molar-refractivity contribution in [1.29, 1.82) is 0 Å². The highest BCUT2D eigenvalue weighted by molar-refractivity contribution is 6.32. The lowest BCUT2D eigenvalue weighted by molar-refractivity contribution is 0.0664. The molecular weight excluding hydrogens is 533 g/mol. The largest absolute Gasteiger partial charge is 0.493 e. The molecule has 1 spiro atoms. The second kappa shape index (κ2) is 9.52. The number of carbonyl (C=O) groups is 3. The van der Waals surface area contributed by atoms with Crippen molar-refractivity contribution in [1.82, 2.24) is 0 Å². The summed E-state index contributed by atoms with van der Waals surface area (Å²) in [6.45, 7) is 0. The van der Waals surface area contributed by atoms with Gasteiger partial charge in [0.15, 0.2) is 28.8 Å². The summed E-state index contributed by atoms with van der Waals surface area (Å²) >= 11 is 0. The van der Waals surface area contributed by atoms with E-state index >= 15 is 0 Å². The van der Waals surface area contributed by atoms with Crippen molar-refractivity contribution in [3.8, 4) is 11.5 Å². The molecule has 7 heteroatoms. The fraction of sp³-hybridized carbons (Fsp3) is 0.171. The normalized spacial score (nSPS) is 21.2. The van der Waals surface area contributed by atoms with Crippen LogP contribution >= 0.6 is 0 Å². The molecule has 6 nitrogen and oxygen atoms in total. The summed E-state index contributed by atoms with van der Waals surface area (Å²) in [6, 6.07) is 23.3. The van der Waals surface area contributed by atoms with E-state index in [1.54, 1.807) is 42.5 Å². The number of para-hydroxylation sites is 2. The van der Waals surface area contributed by atoms with Crippen LogP contribution in [-0.2, 0) is 0 Å². The topological polar surface area (TPSA) is 72.9 Å². The average Bonchev–Trinajstić information content (AvgIpc) is 3.46. The molecule has 4 aromatic carbocycles. The highest BCUT2D eigenvalue weighted by atomic mass is 19.1. The quantitative estimate of drug-likeness (QED) is 0.216. The van der Waals surface area contributed by atoms with Gasteiger partial charge in [-0.2, -0.15) is 0 Å². The molecule has 1 unspecified atom stereocenters. The molecule has 4 aromatic rings. The Morgan fingerprint density at radius 3 is 2.14 bits per heavy atom. The monoisotopic (exact) mass is 559 g/mol. The minimum absolute atomic E-state index is 0.270. The molecule has 1 fully saturated rings. The van der Waals surface area contributed by atoms with E-state index in [2.05, 4.69) is 0 Å². The van der Waals surface area contributed by atoms with Gasteiger partial charge in [-0.15, -0.1) is 0 Å². The standard InChI is InChI=1S/C35H26FNO5/c1-41-27-13-7-11-25(32(27)42-2)29-30(31(38)21-14-17-22(36)18-15-21)37-26-12-6-3-8-20(26)16-19-28(37)35(29)33(39)23-9-4-5-10-24(23)34(35)40/h3-19,28-30H,1-2H3/t28?,29-,30+/m1/s1. The predicted molar refractivity (Wildman–Crippen MR) is 156 cm³/mol. The highest BCUT2D eigenvalue weighted by Crippen LogP contribution is 2.62. The van der Waals surface area contributed by atoms with Crippen LogP contribution in [0.5, 0.6) is 11.5 Å². The molecule has 208 valence electrons. The van der Waals surface area contributed by atoms with Gasteiger partial charge in [-0.05, 0) is 42.0 Å². The van der Waals surface area contributed by atoms with Crippen molar-refractivity contribution in [3.63, 3.8) is 0 Å². The number of Topliss-reactive ketones (excluding diaryl/α,β-unsaturated/α-hetero) is 3. The van der Waals surface area contributed by atoms with Crippen LogP contribution in [0.2, 0.25) is 0 Å². The Kier molecular flexibility index (Phi) is 5.87. The van der Waals surface area contributed by atoms with Gasteiger partial charge < -0.3 is 14.4 Å².